The Kier molecular flexibility index (Phi) is 3.40. The molecule has 0 unspecified atom stereocenters. The lowest BCUT2D eigenvalue weighted by Crippen LogP contribution is -2.01. The van der Waals surface area contributed by atoms with Crippen molar-refractivity contribution in [2.24, 2.45) is 0 Å². The summed E-state index contributed by atoms with van der Waals surface area (Å²) >= 11 is 9.51. The number of hydrogen-bond acceptors (Lipinski definition) is 2. The number of carbonyl (C=O) groups is 1. The number of para-hydroxylation sites is 1. The highest BCUT2D eigenvalue weighted by molar-refractivity contribution is 9.10. The maximum absolute atomic E-state index is 12.5. The molecule has 2 nitrogen and oxygen atoms in total. The Morgan fingerprint density at radius 3 is 2.70 bits per heavy atom. The van der Waals surface area contributed by atoms with E-state index in [1.54, 1.807) is 18.2 Å². The van der Waals surface area contributed by atoms with E-state index >= 15 is 0 Å². The van der Waals surface area contributed by atoms with Crippen molar-refractivity contribution in [3.8, 4) is 0 Å². The highest BCUT2D eigenvalue weighted by atomic mass is 79.9. The largest absolute Gasteiger partial charge is 0.451 e. The number of furan rings is 1. The maximum atomic E-state index is 12.5. The zero-order chi connectivity index (χ0) is 14.3. The Morgan fingerprint density at radius 1 is 1.20 bits per heavy atom. The highest BCUT2D eigenvalue weighted by Crippen LogP contribution is 2.29. The Morgan fingerprint density at radius 2 is 1.95 bits per heavy atom. The van der Waals surface area contributed by atoms with Gasteiger partial charge in [-0.2, -0.15) is 0 Å². The fourth-order valence-electron chi connectivity index (χ4n) is 2.09. The first-order valence-corrected chi connectivity index (χ1v) is 7.23. The van der Waals surface area contributed by atoms with Gasteiger partial charge in [0.2, 0.25) is 5.78 Å². The first-order valence-electron chi connectivity index (χ1n) is 6.06. The molecule has 0 atom stereocenters. The first kappa shape index (κ1) is 13.4. The molecule has 2 aromatic carbocycles. The van der Waals surface area contributed by atoms with Crippen LogP contribution in [-0.2, 0) is 0 Å². The standard InChI is InChI=1S/C16H10BrClO2/c1-9-4-2-6-11(14(9)17)15(19)13-8-10-5-3-7-12(18)16(10)20-13/h2-8H,1H3. The van der Waals surface area contributed by atoms with Gasteiger partial charge < -0.3 is 4.42 Å². The van der Waals surface area contributed by atoms with E-state index in [0.29, 0.717) is 21.9 Å². The molecule has 0 N–H and O–H groups in total. The monoisotopic (exact) mass is 348 g/mol. The van der Waals surface area contributed by atoms with E-state index in [-0.39, 0.29) is 5.78 Å². The number of benzene rings is 2. The van der Waals surface area contributed by atoms with Crippen LogP contribution >= 0.6 is 27.5 Å². The van der Waals surface area contributed by atoms with Crippen molar-refractivity contribution in [1.82, 2.24) is 0 Å². The molecule has 0 aliphatic rings. The summed E-state index contributed by atoms with van der Waals surface area (Å²) in [7, 11) is 0. The predicted molar refractivity (Wildman–Crippen MR) is 83.5 cm³/mol. The van der Waals surface area contributed by atoms with E-state index < -0.39 is 0 Å². The van der Waals surface area contributed by atoms with Crippen LogP contribution in [0.15, 0.2) is 51.4 Å². The third-order valence-corrected chi connectivity index (χ3v) is 4.51. The van der Waals surface area contributed by atoms with Crippen LogP contribution in [0.3, 0.4) is 0 Å². The molecular weight excluding hydrogens is 340 g/mol. The second-order valence-corrected chi connectivity index (χ2v) is 5.73. The minimum absolute atomic E-state index is 0.159. The molecule has 0 bridgehead atoms. The number of fused-ring (bicyclic) bond motifs is 1. The lowest BCUT2D eigenvalue weighted by atomic mass is 10.1. The molecule has 3 aromatic rings. The molecule has 1 aromatic heterocycles. The maximum Gasteiger partial charge on any atom is 0.229 e. The normalized spacial score (nSPS) is 10.9. The first-order chi connectivity index (χ1) is 9.58. The summed E-state index contributed by atoms with van der Waals surface area (Å²) in [5.41, 5.74) is 2.13. The van der Waals surface area contributed by atoms with Gasteiger partial charge in [0.15, 0.2) is 11.3 Å². The van der Waals surface area contributed by atoms with Crippen LogP contribution in [0, 0.1) is 6.92 Å². The molecule has 20 heavy (non-hydrogen) atoms. The topological polar surface area (TPSA) is 30.2 Å². The molecule has 0 fully saturated rings. The number of aryl methyl sites for hydroxylation is 1. The third kappa shape index (κ3) is 2.17. The molecule has 4 heteroatoms. The van der Waals surface area contributed by atoms with Gasteiger partial charge >= 0.3 is 0 Å². The summed E-state index contributed by atoms with van der Waals surface area (Å²) in [6.07, 6.45) is 0. The lowest BCUT2D eigenvalue weighted by molar-refractivity contribution is 0.101. The number of carbonyl (C=O) groups excluding carboxylic acids is 1. The van der Waals surface area contributed by atoms with Crippen LogP contribution in [0.2, 0.25) is 5.02 Å². The second-order valence-electron chi connectivity index (χ2n) is 4.53. The summed E-state index contributed by atoms with van der Waals surface area (Å²) in [4.78, 5) is 12.5. The van der Waals surface area contributed by atoms with Crippen molar-refractivity contribution in [2.45, 2.75) is 6.92 Å². The van der Waals surface area contributed by atoms with E-state index in [1.807, 2.05) is 31.2 Å². The quantitative estimate of drug-likeness (QED) is 0.581. The molecule has 0 saturated carbocycles. The van der Waals surface area contributed by atoms with E-state index in [4.69, 9.17) is 16.0 Å². The van der Waals surface area contributed by atoms with Crippen LogP contribution < -0.4 is 0 Å². The SMILES string of the molecule is Cc1cccc(C(=O)c2cc3cccc(Cl)c3o2)c1Br. The van der Waals surface area contributed by atoms with Crippen LogP contribution in [0.1, 0.15) is 21.7 Å². The number of rotatable bonds is 2. The Balaban J connectivity index is 2.13. The summed E-state index contributed by atoms with van der Waals surface area (Å²) in [5, 5.41) is 1.33. The van der Waals surface area contributed by atoms with Crippen molar-refractivity contribution < 1.29 is 9.21 Å². The molecular formula is C16H10BrClO2. The Labute approximate surface area is 129 Å². The van der Waals surface area contributed by atoms with Gasteiger partial charge in [-0.15, -0.1) is 0 Å². The number of halogens is 2. The lowest BCUT2D eigenvalue weighted by Gasteiger charge is -2.03. The zero-order valence-corrected chi connectivity index (χ0v) is 13.0. The van der Waals surface area contributed by atoms with Gasteiger partial charge in [0.25, 0.3) is 0 Å². The van der Waals surface area contributed by atoms with Gasteiger partial charge in [-0.1, -0.05) is 35.9 Å². The fraction of sp³-hybridized carbons (Fsp3) is 0.0625. The minimum Gasteiger partial charge on any atom is -0.451 e. The van der Waals surface area contributed by atoms with Crippen LogP contribution in [0.4, 0.5) is 0 Å². The van der Waals surface area contributed by atoms with Crippen LogP contribution in [-0.4, -0.2) is 5.78 Å². The third-order valence-electron chi connectivity index (χ3n) is 3.16. The van der Waals surface area contributed by atoms with Gasteiger partial charge in [-0.05, 0) is 46.6 Å². The van der Waals surface area contributed by atoms with Gasteiger partial charge in [0, 0.05) is 15.4 Å². The highest BCUT2D eigenvalue weighted by Gasteiger charge is 2.18. The Bertz CT molecular complexity index is 820. The smallest absolute Gasteiger partial charge is 0.229 e. The molecule has 0 radical (unpaired) electrons. The van der Waals surface area contributed by atoms with Gasteiger partial charge in [-0.25, -0.2) is 0 Å². The van der Waals surface area contributed by atoms with E-state index in [9.17, 15) is 4.79 Å². The van der Waals surface area contributed by atoms with Crippen molar-refractivity contribution in [2.75, 3.05) is 0 Å². The molecule has 0 amide bonds. The molecule has 0 saturated heterocycles. The fourth-order valence-corrected chi connectivity index (χ4v) is 2.76. The average Bonchev–Trinajstić information content (AvgIpc) is 2.87. The summed E-state index contributed by atoms with van der Waals surface area (Å²) in [6, 6.07) is 12.7. The zero-order valence-electron chi connectivity index (χ0n) is 10.6. The molecule has 0 spiro atoms. The molecule has 0 aliphatic heterocycles. The van der Waals surface area contributed by atoms with E-state index in [1.165, 1.54) is 0 Å². The summed E-state index contributed by atoms with van der Waals surface area (Å²) in [5.74, 6) is 0.132. The van der Waals surface area contributed by atoms with Crippen molar-refractivity contribution in [1.29, 1.82) is 0 Å². The van der Waals surface area contributed by atoms with Gasteiger partial charge in [0.05, 0.1) is 5.02 Å². The van der Waals surface area contributed by atoms with Crippen LogP contribution in [0.5, 0.6) is 0 Å². The van der Waals surface area contributed by atoms with Gasteiger partial charge in [-0.3, -0.25) is 4.79 Å². The molecule has 1 heterocycles. The second kappa shape index (κ2) is 5.08. The summed E-state index contributed by atoms with van der Waals surface area (Å²) < 4.78 is 6.40. The molecule has 0 aliphatic carbocycles. The predicted octanol–water partition coefficient (Wildman–Crippen LogP) is 5.39. The van der Waals surface area contributed by atoms with Crippen molar-refractivity contribution in [3.05, 3.63) is 68.8 Å². The molecule has 100 valence electrons. The van der Waals surface area contributed by atoms with Crippen LogP contribution in [0.25, 0.3) is 11.0 Å². The van der Waals surface area contributed by atoms with Crippen molar-refractivity contribution in [3.63, 3.8) is 0 Å². The van der Waals surface area contributed by atoms with Gasteiger partial charge in [0.1, 0.15) is 0 Å². The summed E-state index contributed by atoms with van der Waals surface area (Å²) in [6.45, 7) is 1.94. The van der Waals surface area contributed by atoms with E-state index in [0.717, 1.165) is 15.4 Å². The number of hydrogen-bond donors (Lipinski definition) is 0. The van der Waals surface area contributed by atoms with E-state index in [2.05, 4.69) is 15.9 Å². The minimum atomic E-state index is -0.159. The molecule has 3 rings (SSSR count). The average molecular weight is 350 g/mol. The van der Waals surface area contributed by atoms with Crippen molar-refractivity contribution >= 4 is 44.3 Å². The number of ketones is 1. The Hall–Kier alpha value is -1.58.